The predicted octanol–water partition coefficient (Wildman–Crippen LogP) is -0.831. The monoisotopic (exact) mass is 186 g/mol. The van der Waals surface area contributed by atoms with Crippen molar-refractivity contribution < 1.29 is 9.84 Å². The molecule has 13 heavy (non-hydrogen) atoms. The summed E-state index contributed by atoms with van der Waals surface area (Å²) in [7, 11) is 0. The van der Waals surface area contributed by atoms with E-state index in [1.807, 2.05) is 0 Å². The topological polar surface area (TPSA) is 58.7 Å². The quantitative estimate of drug-likeness (QED) is 0.561. The average molecular weight is 186 g/mol. The number of nitrogens with zero attached hydrogens (tertiary/aromatic N) is 1. The Kier molecular flexibility index (Phi) is 2.83. The molecule has 0 bridgehead atoms. The Morgan fingerprint density at radius 3 is 2.46 bits per heavy atom. The van der Waals surface area contributed by atoms with Crippen LogP contribution in [0.4, 0.5) is 0 Å². The van der Waals surface area contributed by atoms with Gasteiger partial charge in [-0.1, -0.05) is 0 Å². The van der Waals surface area contributed by atoms with Crippen molar-refractivity contribution in [3.05, 3.63) is 0 Å². The van der Waals surface area contributed by atoms with Crippen LogP contribution in [-0.2, 0) is 4.74 Å². The Hall–Kier alpha value is -0.160. The summed E-state index contributed by atoms with van der Waals surface area (Å²) in [4.78, 5) is 2.31. The van der Waals surface area contributed by atoms with Gasteiger partial charge in [-0.15, -0.1) is 0 Å². The van der Waals surface area contributed by atoms with Crippen molar-refractivity contribution in [1.29, 1.82) is 0 Å². The SMILES string of the molecule is N[C@@H]1CC[C@@H](N2CCOCC2)[C@@H]1O. The molecular weight excluding hydrogens is 168 g/mol. The van der Waals surface area contributed by atoms with Gasteiger partial charge in [-0.3, -0.25) is 4.90 Å². The molecule has 0 spiro atoms. The maximum absolute atomic E-state index is 9.80. The largest absolute Gasteiger partial charge is 0.390 e. The van der Waals surface area contributed by atoms with Gasteiger partial charge < -0.3 is 15.6 Å². The summed E-state index contributed by atoms with van der Waals surface area (Å²) in [5, 5.41) is 9.80. The highest BCUT2D eigenvalue weighted by molar-refractivity contribution is 4.93. The zero-order valence-corrected chi connectivity index (χ0v) is 7.85. The summed E-state index contributed by atoms with van der Waals surface area (Å²) < 4.78 is 5.27. The summed E-state index contributed by atoms with van der Waals surface area (Å²) in [6, 6.07) is 0.256. The summed E-state index contributed by atoms with van der Waals surface area (Å²) >= 11 is 0. The van der Waals surface area contributed by atoms with Crippen molar-refractivity contribution in [3.8, 4) is 0 Å². The molecule has 0 unspecified atom stereocenters. The van der Waals surface area contributed by atoms with Crippen LogP contribution >= 0.6 is 0 Å². The van der Waals surface area contributed by atoms with Gasteiger partial charge in [0.05, 0.1) is 19.3 Å². The Morgan fingerprint density at radius 1 is 1.23 bits per heavy atom. The number of nitrogens with two attached hydrogens (primary N) is 1. The van der Waals surface area contributed by atoms with Crippen LogP contribution in [0.3, 0.4) is 0 Å². The number of hydrogen-bond donors (Lipinski definition) is 2. The number of morpholine rings is 1. The first-order chi connectivity index (χ1) is 6.29. The van der Waals surface area contributed by atoms with Gasteiger partial charge in [-0.05, 0) is 12.8 Å². The third kappa shape index (κ3) is 1.86. The summed E-state index contributed by atoms with van der Waals surface area (Å²) in [6.45, 7) is 3.46. The lowest BCUT2D eigenvalue weighted by molar-refractivity contribution is -0.0137. The fraction of sp³-hybridized carbons (Fsp3) is 1.00. The molecule has 0 aromatic rings. The van der Waals surface area contributed by atoms with Crippen LogP contribution in [-0.4, -0.2) is 54.5 Å². The van der Waals surface area contributed by atoms with E-state index in [0.29, 0.717) is 0 Å². The summed E-state index contributed by atoms with van der Waals surface area (Å²) in [6.07, 6.45) is 1.64. The fourth-order valence-electron chi connectivity index (χ4n) is 2.30. The van der Waals surface area contributed by atoms with E-state index in [1.165, 1.54) is 0 Å². The van der Waals surface area contributed by atoms with Crippen molar-refractivity contribution in [2.45, 2.75) is 31.0 Å². The second kappa shape index (κ2) is 3.92. The number of hydrogen-bond acceptors (Lipinski definition) is 4. The molecule has 4 nitrogen and oxygen atoms in total. The van der Waals surface area contributed by atoms with Crippen LogP contribution in [0.1, 0.15) is 12.8 Å². The Morgan fingerprint density at radius 2 is 1.92 bits per heavy atom. The molecule has 1 aliphatic carbocycles. The molecule has 0 radical (unpaired) electrons. The third-order valence-corrected chi connectivity index (χ3v) is 3.14. The van der Waals surface area contributed by atoms with Gasteiger partial charge in [-0.2, -0.15) is 0 Å². The first kappa shape index (κ1) is 9.40. The van der Waals surface area contributed by atoms with E-state index in [0.717, 1.165) is 39.1 Å². The molecule has 1 heterocycles. The molecule has 4 heteroatoms. The van der Waals surface area contributed by atoms with Crippen LogP contribution in [0.5, 0.6) is 0 Å². The Bertz CT molecular complexity index is 171. The summed E-state index contributed by atoms with van der Waals surface area (Å²) in [5.41, 5.74) is 5.77. The fourth-order valence-corrected chi connectivity index (χ4v) is 2.30. The van der Waals surface area contributed by atoms with Gasteiger partial charge in [0.25, 0.3) is 0 Å². The van der Waals surface area contributed by atoms with Gasteiger partial charge in [0, 0.05) is 25.2 Å². The average Bonchev–Trinajstić information content (AvgIpc) is 2.49. The van der Waals surface area contributed by atoms with E-state index in [9.17, 15) is 5.11 Å². The number of rotatable bonds is 1. The van der Waals surface area contributed by atoms with Crippen LogP contribution in [0.15, 0.2) is 0 Å². The molecule has 1 saturated carbocycles. The highest BCUT2D eigenvalue weighted by Gasteiger charge is 2.36. The Labute approximate surface area is 78.7 Å². The van der Waals surface area contributed by atoms with E-state index < -0.39 is 0 Å². The third-order valence-electron chi connectivity index (χ3n) is 3.14. The van der Waals surface area contributed by atoms with Gasteiger partial charge >= 0.3 is 0 Å². The molecule has 0 amide bonds. The van der Waals surface area contributed by atoms with E-state index in [2.05, 4.69) is 4.90 Å². The van der Waals surface area contributed by atoms with Crippen molar-refractivity contribution >= 4 is 0 Å². The molecule has 3 N–H and O–H groups in total. The smallest absolute Gasteiger partial charge is 0.0845 e. The molecule has 76 valence electrons. The molecule has 3 atom stereocenters. The van der Waals surface area contributed by atoms with Gasteiger partial charge in [0.2, 0.25) is 0 Å². The highest BCUT2D eigenvalue weighted by atomic mass is 16.5. The molecule has 2 fully saturated rings. The highest BCUT2D eigenvalue weighted by Crippen LogP contribution is 2.23. The Balaban J connectivity index is 1.92. The lowest BCUT2D eigenvalue weighted by atomic mass is 10.1. The molecule has 1 saturated heterocycles. The minimum Gasteiger partial charge on any atom is -0.390 e. The van der Waals surface area contributed by atoms with Crippen LogP contribution < -0.4 is 5.73 Å². The van der Waals surface area contributed by atoms with Gasteiger partial charge in [0.1, 0.15) is 0 Å². The van der Waals surface area contributed by atoms with Crippen molar-refractivity contribution in [3.63, 3.8) is 0 Å². The van der Waals surface area contributed by atoms with E-state index in [1.54, 1.807) is 0 Å². The first-order valence-corrected chi connectivity index (χ1v) is 5.04. The second-order valence-corrected chi connectivity index (χ2v) is 3.95. The zero-order valence-electron chi connectivity index (χ0n) is 7.85. The maximum Gasteiger partial charge on any atom is 0.0845 e. The van der Waals surface area contributed by atoms with Crippen LogP contribution in [0.25, 0.3) is 0 Å². The minimum atomic E-state index is -0.335. The number of aliphatic hydroxyl groups excluding tert-OH is 1. The summed E-state index contributed by atoms with van der Waals surface area (Å²) in [5.74, 6) is 0. The van der Waals surface area contributed by atoms with Crippen molar-refractivity contribution in [1.82, 2.24) is 4.90 Å². The predicted molar refractivity (Wildman–Crippen MR) is 49.4 cm³/mol. The maximum atomic E-state index is 9.80. The van der Waals surface area contributed by atoms with Crippen molar-refractivity contribution in [2.75, 3.05) is 26.3 Å². The van der Waals surface area contributed by atoms with Crippen LogP contribution in [0.2, 0.25) is 0 Å². The van der Waals surface area contributed by atoms with Gasteiger partial charge in [0.15, 0.2) is 0 Å². The van der Waals surface area contributed by atoms with E-state index in [4.69, 9.17) is 10.5 Å². The van der Waals surface area contributed by atoms with Crippen LogP contribution in [0, 0.1) is 0 Å². The van der Waals surface area contributed by atoms with Gasteiger partial charge in [-0.25, -0.2) is 0 Å². The first-order valence-electron chi connectivity index (χ1n) is 5.04. The molecular formula is C9H18N2O2. The lowest BCUT2D eigenvalue weighted by Crippen LogP contribution is -2.49. The standard InChI is InChI=1S/C9H18N2O2/c10-7-1-2-8(9(7)12)11-3-5-13-6-4-11/h7-9,12H,1-6,10H2/t7-,8-,9-/m1/s1. The number of ether oxygens (including phenoxy) is 1. The molecule has 1 aliphatic heterocycles. The molecule has 0 aromatic heterocycles. The number of aliphatic hydroxyl groups is 1. The lowest BCUT2D eigenvalue weighted by Gasteiger charge is -2.34. The second-order valence-electron chi connectivity index (χ2n) is 3.95. The molecule has 2 rings (SSSR count). The van der Waals surface area contributed by atoms with Crippen molar-refractivity contribution in [2.24, 2.45) is 5.73 Å². The van der Waals surface area contributed by atoms with E-state index in [-0.39, 0.29) is 18.2 Å². The molecule has 0 aromatic carbocycles. The van der Waals surface area contributed by atoms with E-state index >= 15 is 0 Å². The normalized spacial score (nSPS) is 42.5. The zero-order chi connectivity index (χ0) is 9.26. The minimum absolute atomic E-state index is 0.0205. The molecule has 2 aliphatic rings.